The maximum atomic E-state index is 5.66. The highest BCUT2D eigenvalue weighted by Gasteiger charge is 1.96. The van der Waals surface area contributed by atoms with Gasteiger partial charge in [0.05, 0.1) is 25.2 Å². The van der Waals surface area contributed by atoms with Gasteiger partial charge in [-0.3, -0.25) is 4.68 Å². The Morgan fingerprint density at radius 1 is 1.50 bits per heavy atom. The Bertz CT molecular complexity index is 250. The van der Waals surface area contributed by atoms with E-state index in [0.717, 1.165) is 31.7 Å². The van der Waals surface area contributed by atoms with Crippen molar-refractivity contribution >= 4 is 11.6 Å². The lowest BCUT2D eigenvalue weighted by molar-refractivity contribution is 0.121. The fourth-order valence-corrected chi connectivity index (χ4v) is 1.24. The number of ether oxygens (including phenoxy) is 1. The Kier molecular flexibility index (Phi) is 5.64. The van der Waals surface area contributed by atoms with E-state index in [1.165, 1.54) is 6.42 Å². The third-order valence-electron chi connectivity index (χ3n) is 1.95. The fraction of sp³-hybridized carbons (Fsp3) is 0.700. The zero-order valence-corrected chi connectivity index (χ0v) is 9.33. The summed E-state index contributed by atoms with van der Waals surface area (Å²) in [7, 11) is 0. The molecule has 0 aromatic carbocycles. The van der Waals surface area contributed by atoms with E-state index in [-0.39, 0.29) is 0 Å². The van der Waals surface area contributed by atoms with Crippen molar-refractivity contribution in [3.8, 4) is 0 Å². The minimum Gasteiger partial charge on any atom is -0.380 e. The van der Waals surface area contributed by atoms with E-state index in [4.69, 9.17) is 16.3 Å². The van der Waals surface area contributed by atoms with E-state index in [1.54, 1.807) is 6.20 Å². The largest absolute Gasteiger partial charge is 0.380 e. The second-order valence-corrected chi connectivity index (χ2v) is 3.48. The summed E-state index contributed by atoms with van der Waals surface area (Å²) < 4.78 is 7.29. The van der Waals surface area contributed by atoms with Crippen molar-refractivity contribution in [3.63, 3.8) is 0 Å². The average molecular weight is 217 g/mol. The summed E-state index contributed by atoms with van der Waals surface area (Å²) in [6.45, 7) is 4.54. The van der Waals surface area contributed by atoms with E-state index in [2.05, 4.69) is 12.0 Å². The van der Waals surface area contributed by atoms with Gasteiger partial charge < -0.3 is 4.74 Å². The first-order valence-electron chi connectivity index (χ1n) is 5.02. The highest BCUT2D eigenvalue weighted by atomic mass is 35.5. The second-order valence-electron chi connectivity index (χ2n) is 3.21. The molecule has 0 aliphatic carbocycles. The summed E-state index contributed by atoms with van der Waals surface area (Å²) in [5, 5.41) is 4.16. The molecule has 1 rings (SSSR count). The lowest BCUT2D eigenvalue weighted by atomic mass is 10.4. The maximum absolute atomic E-state index is 5.66. The number of hydrogen-bond donors (Lipinski definition) is 0. The standard InChI is InChI=1S/C10H17ClN2O/c1-2-3-5-14-6-4-13-9-10(7-11)8-12-13/h8-9H,2-7H2,1H3. The van der Waals surface area contributed by atoms with Gasteiger partial charge in [0.1, 0.15) is 0 Å². The van der Waals surface area contributed by atoms with Crippen molar-refractivity contribution in [2.24, 2.45) is 0 Å². The molecular formula is C10H17ClN2O. The van der Waals surface area contributed by atoms with Crippen molar-refractivity contribution < 1.29 is 4.74 Å². The molecule has 0 saturated carbocycles. The van der Waals surface area contributed by atoms with Crippen LogP contribution in [0.1, 0.15) is 25.3 Å². The molecule has 0 radical (unpaired) electrons. The van der Waals surface area contributed by atoms with Crippen LogP contribution in [0.25, 0.3) is 0 Å². The van der Waals surface area contributed by atoms with Crippen LogP contribution in [0, 0.1) is 0 Å². The Morgan fingerprint density at radius 2 is 2.36 bits per heavy atom. The lowest BCUT2D eigenvalue weighted by Gasteiger charge is -2.02. The van der Waals surface area contributed by atoms with Crippen LogP contribution in [0.2, 0.25) is 0 Å². The highest BCUT2D eigenvalue weighted by molar-refractivity contribution is 6.17. The predicted octanol–water partition coefficient (Wildman–Crippen LogP) is 2.44. The molecule has 0 bridgehead atoms. The summed E-state index contributed by atoms with van der Waals surface area (Å²) >= 11 is 5.66. The van der Waals surface area contributed by atoms with Gasteiger partial charge >= 0.3 is 0 Å². The molecule has 0 fully saturated rings. The molecule has 80 valence electrons. The highest BCUT2D eigenvalue weighted by Crippen LogP contribution is 2.01. The molecule has 0 N–H and O–H groups in total. The minimum atomic E-state index is 0.524. The van der Waals surface area contributed by atoms with Crippen LogP contribution in [0.5, 0.6) is 0 Å². The van der Waals surface area contributed by atoms with Gasteiger partial charge in [0.15, 0.2) is 0 Å². The van der Waals surface area contributed by atoms with Crippen molar-refractivity contribution in [1.82, 2.24) is 9.78 Å². The Morgan fingerprint density at radius 3 is 3.00 bits per heavy atom. The van der Waals surface area contributed by atoms with Crippen LogP contribution < -0.4 is 0 Å². The van der Waals surface area contributed by atoms with Gasteiger partial charge in [-0.25, -0.2) is 0 Å². The summed E-state index contributed by atoms with van der Waals surface area (Å²) in [6.07, 6.45) is 6.05. The van der Waals surface area contributed by atoms with Gasteiger partial charge in [0.2, 0.25) is 0 Å². The summed E-state index contributed by atoms with van der Waals surface area (Å²) in [5.74, 6) is 0.524. The molecule has 1 aromatic rings. The van der Waals surface area contributed by atoms with E-state index >= 15 is 0 Å². The lowest BCUT2D eigenvalue weighted by Crippen LogP contribution is -2.06. The average Bonchev–Trinajstić information content (AvgIpc) is 2.65. The SMILES string of the molecule is CCCCOCCn1cc(CCl)cn1. The molecule has 1 heterocycles. The summed E-state index contributed by atoms with van der Waals surface area (Å²) in [5.41, 5.74) is 1.06. The van der Waals surface area contributed by atoms with E-state index in [9.17, 15) is 0 Å². The molecule has 1 aromatic heterocycles. The quantitative estimate of drug-likeness (QED) is 0.517. The number of nitrogens with zero attached hydrogens (tertiary/aromatic N) is 2. The summed E-state index contributed by atoms with van der Waals surface area (Å²) in [6, 6.07) is 0. The molecule has 3 nitrogen and oxygen atoms in total. The van der Waals surface area contributed by atoms with Gasteiger partial charge in [-0.1, -0.05) is 13.3 Å². The maximum Gasteiger partial charge on any atom is 0.0662 e. The number of unbranched alkanes of at least 4 members (excludes halogenated alkanes) is 1. The number of hydrogen-bond acceptors (Lipinski definition) is 2. The molecule has 0 aliphatic rings. The van der Waals surface area contributed by atoms with Crippen LogP contribution in [-0.2, 0) is 17.2 Å². The Balaban J connectivity index is 2.12. The van der Waals surface area contributed by atoms with E-state index in [0.29, 0.717) is 5.88 Å². The van der Waals surface area contributed by atoms with Crippen molar-refractivity contribution in [2.75, 3.05) is 13.2 Å². The van der Waals surface area contributed by atoms with Gasteiger partial charge in [-0.2, -0.15) is 5.10 Å². The van der Waals surface area contributed by atoms with Crippen LogP contribution in [0.3, 0.4) is 0 Å². The van der Waals surface area contributed by atoms with Gasteiger partial charge in [-0.05, 0) is 6.42 Å². The Labute approximate surface area is 90.0 Å². The van der Waals surface area contributed by atoms with Gasteiger partial charge in [-0.15, -0.1) is 11.6 Å². The molecule has 0 spiro atoms. The first-order chi connectivity index (χ1) is 6.86. The molecule has 0 unspecified atom stereocenters. The van der Waals surface area contributed by atoms with Crippen molar-refractivity contribution in [3.05, 3.63) is 18.0 Å². The zero-order valence-electron chi connectivity index (χ0n) is 8.58. The minimum absolute atomic E-state index is 0.524. The first kappa shape index (κ1) is 11.5. The van der Waals surface area contributed by atoms with Crippen molar-refractivity contribution in [1.29, 1.82) is 0 Å². The molecule has 0 amide bonds. The predicted molar refractivity (Wildman–Crippen MR) is 57.5 cm³/mol. The third kappa shape index (κ3) is 4.11. The third-order valence-corrected chi connectivity index (χ3v) is 2.26. The monoisotopic (exact) mass is 216 g/mol. The fourth-order valence-electron chi connectivity index (χ4n) is 1.10. The smallest absolute Gasteiger partial charge is 0.0662 e. The Hall–Kier alpha value is -0.540. The van der Waals surface area contributed by atoms with E-state index in [1.807, 2.05) is 10.9 Å². The van der Waals surface area contributed by atoms with Gasteiger partial charge in [0.25, 0.3) is 0 Å². The molecular weight excluding hydrogens is 200 g/mol. The van der Waals surface area contributed by atoms with Crippen LogP contribution in [0.4, 0.5) is 0 Å². The molecule has 0 aliphatic heterocycles. The molecule has 0 atom stereocenters. The van der Waals surface area contributed by atoms with E-state index < -0.39 is 0 Å². The normalized spacial score (nSPS) is 10.7. The molecule has 14 heavy (non-hydrogen) atoms. The number of rotatable bonds is 7. The molecule has 4 heteroatoms. The zero-order chi connectivity index (χ0) is 10.2. The molecule has 0 saturated heterocycles. The number of alkyl halides is 1. The van der Waals surface area contributed by atoms with Crippen LogP contribution in [-0.4, -0.2) is 23.0 Å². The number of aromatic nitrogens is 2. The van der Waals surface area contributed by atoms with Crippen molar-refractivity contribution in [2.45, 2.75) is 32.2 Å². The second kappa shape index (κ2) is 6.85. The number of halogens is 1. The first-order valence-corrected chi connectivity index (χ1v) is 5.55. The summed E-state index contributed by atoms with van der Waals surface area (Å²) in [4.78, 5) is 0. The topological polar surface area (TPSA) is 27.1 Å². The van der Waals surface area contributed by atoms with Gasteiger partial charge in [0, 0.05) is 18.4 Å². The van der Waals surface area contributed by atoms with Crippen LogP contribution in [0.15, 0.2) is 12.4 Å². The van der Waals surface area contributed by atoms with Crippen LogP contribution >= 0.6 is 11.6 Å².